The Labute approximate surface area is 156 Å². The first-order valence-electron chi connectivity index (χ1n) is 7.80. The number of carbonyl (C=O) groups is 2. The highest BCUT2D eigenvalue weighted by molar-refractivity contribution is 6.32. The van der Waals surface area contributed by atoms with Gasteiger partial charge in [-0.2, -0.15) is 5.10 Å². The molecule has 0 bridgehead atoms. The quantitative estimate of drug-likeness (QED) is 0.478. The second kappa shape index (κ2) is 9.01. The number of nitrogens with one attached hydrogen (secondary N) is 1. The molecule has 0 saturated carbocycles. The third-order valence-corrected chi connectivity index (χ3v) is 4.11. The average molecular weight is 375 g/mol. The number of hydrogen-bond acceptors (Lipinski definition) is 5. The molecule has 1 amide bonds. The van der Waals surface area contributed by atoms with E-state index in [9.17, 15) is 9.59 Å². The fraction of sp³-hybridized carbons (Fsp3) is 0.211. The predicted molar refractivity (Wildman–Crippen MR) is 99.9 cm³/mol. The van der Waals surface area contributed by atoms with Crippen molar-refractivity contribution in [3.8, 4) is 5.75 Å². The largest absolute Gasteiger partial charge is 0.484 e. The van der Waals surface area contributed by atoms with Gasteiger partial charge < -0.3 is 9.47 Å². The van der Waals surface area contributed by atoms with Crippen molar-refractivity contribution in [3.63, 3.8) is 0 Å². The number of halogens is 1. The number of ether oxygens (including phenoxy) is 2. The van der Waals surface area contributed by atoms with Crippen LogP contribution in [-0.4, -0.2) is 31.8 Å². The molecule has 0 unspecified atom stereocenters. The molecule has 0 radical (unpaired) electrons. The first-order valence-corrected chi connectivity index (χ1v) is 8.18. The molecule has 0 aromatic heterocycles. The van der Waals surface area contributed by atoms with Gasteiger partial charge in [0.05, 0.1) is 18.9 Å². The Balaban J connectivity index is 1.85. The second-order valence-corrected chi connectivity index (χ2v) is 5.94. The highest BCUT2D eigenvalue weighted by Crippen LogP contribution is 2.25. The molecule has 136 valence electrons. The Morgan fingerprint density at radius 3 is 2.35 bits per heavy atom. The first-order chi connectivity index (χ1) is 12.4. The van der Waals surface area contributed by atoms with Gasteiger partial charge in [-0.05, 0) is 54.8 Å². The van der Waals surface area contributed by atoms with Crippen molar-refractivity contribution in [2.75, 3.05) is 13.7 Å². The zero-order valence-corrected chi connectivity index (χ0v) is 15.5. The van der Waals surface area contributed by atoms with Gasteiger partial charge in [-0.25, -0.2) is 10.2 Å². The van der Waals surface area contributed by atoms with E-state index in [4.69, 9.17) is 16.3 Å². The van der Waals surface area contributed by atoms with Crippen LogP contribution in [0.15, 0.2) is 41.5 Å². The van der Waals surface area contributed by atoms with Gasteiger partial charge in [0, 0.05) is 5.02 Å². The minimum Gasteiger partial charge on any atom is -0.484 e. The van der Waals surface area contributed by atoms with E-state index >= 15 is 0 Å². The van der Waals surface area contributed by atoms with Crippen molar-refractivity contribution in [1.82, 2.24) is 5.43 Å². The first kappa shape index (κ1) is 19.5. The molecule has 0 spiro atoms. The monoisotopic (exact) mass is 374 g/mol. The van der Waals surface area contributed by atoms with Gasteiger partial charge in [0.2, 0.25) is 0 Å². The van der Waals surface area contributed by atoms with Crippen LogP contribution in [0.1, 0.15) is 27.0 Å². The van der Waals surface area contributed by atoms with Gasteiger partial charge in [0.15, 0.2) is 6.61 Å². The van der Waals surface area contributed by atoms with E-state index in [0.717, 1.165) is 16.7 Å². The van der Waals surface area contributed by atoms with Crippen LogP contribution >= 0.6 is 11.6 Å². The van der Waals surface area contributed by atoms with E-state index in [0.29, 0.717) is 16.3 Å². The molecule has 1 N–H and O–H groups in total. The molecule has 6 nitrogen and oxygen atoms in total. The van der Waals surface area contributed by atoms with Gasteiger partial charge in [-0.3, -0.25) is 4.79 Å². The summed E-state index contributed by atoms with van der Waals surface area (Å²) in [4.78, 5) is 23.1. The molecular formula is C19H19ClN2O4. The summed E-state index contributed by atoms with van der Waals surface area (Å²) in [7, 11) is 1.32. The van der Waals surface area contributed by atoms with Gasteiger partial charge in [0.1, 0.15) is 5.75 Å². The molecule has 2 rings (SSSR count). The third kappa shape index (κ3) is 5.32. The number of rotatable bonds is 6. The molecule has 0 fully saturated rings. The molecule has 0 aliphatic heterocycles. The molecule has 2 aromatic carbocycles. The Kier molecular flexibility index (Phi) is 6.74. The standard InChI is InChI=1S/C19H19ClN2O4/c1-12-8-16(9-13(2)18(12)20)26-11-17(23)22-21-10-14-4-6-15(7-5-14)19(24)25-3/h4-10H,11H2,1-3H3,(H,22,23). The smallest absolute Gasteiger partial charge is 0.337 e. The Bertz CT molecular complexity index is 809. The summed E-state index contributed by atoms with van der Waals surface area (Å²) in [5.41, 5.74) is 5.31. The second-order valence-electron chi connectivity index (χ2n) is 5.57. The molecule has 0 saturated heterocycles. The van der Waals surface area contributed by atoms with Crippen molar-refractivity contribution >= 4 is 29.7 Å². The summed E-state index contributed by atoms with van der Waals surface area (Å²) in [6.07, 6.45) is 1.47. The van der Waals surface area contributed by atoms with Crippen LogP contribution in [0.2, 0.25) is 5.02 Å². The fourth-order valence-electron chi connectivity index (χ4n) is 2.17. The molecular weight excluding hydrogens is 356 g/mol. The topological polar surface area (TPSA) is 77.0 Å². The lowest BCUT2D eigenvalue weighted by Gasteiger charge is -2.09. The molecule has 0 heterocycles. The molecule has 2 aromatic rings. The summed E-state index contributed by atoms with van der Waals surface area (Å²) in [6, 6.07) is 10.2. The Morgan fingerprint density at radius 1 is 1.15 bits per heavy atom. The highest BCUT2D eigenvalue weighted by atomic mass is 35.5. The maximum Gasteiger partial charge on any atom is 0.337 e. The lowest BCUT2D eigenvalue weighted by molar-refractivity contribution is -0.123. The normalized spacial score (nSPS) is 10.6. The van der Waals surface area contributed by atoms with Crippen LogP contribution in [0.5, 0.6) is 5.75 Å². The summed E-state index contributed by atoms with van der Waals surface area (Å²) in [6.45, 7) is 3.58. The van der Waals surface area contributed by atoms with E-state index in [2.05, 4.69) is 15.3 Å². The maximum absolute atomic E-state index is 11.8. The number of esters is 1. The fourth-order valence-corrected chi connectivity index (χ4v) is 2.28. The molecule has 0 aliphatic carbocycles. The van der Waals surface area contributed by atoms with E-state index in [-0.39, 0.29) is 6.61 Å². The number of amides is 1. The van der Waals surface area contributed by atoms with Crippen molar-refractivity contribution in [2.45, 2.75) is 13.8 Å². The molecule has 0 atom stereocenters. The maximum atomic E-state index is 11.8. The summed E-state index contributed by atoms with van der Waals surface area (Å²) in [5.74, 6) is -0.230. The summed E-state index contributed by atoms with van der Waals surface area (Å²) in [5, 5.41) is 4.54. The van der Waals surface area contributed by atoms with Crippen LogP contribution in [0.4, 0.5) is 0 Å². The van der Waals surface area contributed by atoms with Crippen molar-refractivity contribution in [3.05, 3.63) is 63.7 Å². The number of nitrogens with zero attached hydrogens (tertiary/aromatic N) is 1. The number of aryl methyl sites for hydroxylation is 2. The van der Waals surface area contributed by atoms with Crippen LogP contribution in [0.3, 0.4) is 0 Å². The zero-order valence-electron chi connectivity index (χ0n) is 14.7. The van der Waals surface area contributed by atoms with Crippen LogP contribution < -0.4 is 10.2 Å². The number of hydrazone groups is 1. The minimum absolute atomic E-state index is 0.168. The van der Waals surface area contributed by atoms with Crippen molar-refractivity contribution in [2.24, 2.45) is 5.10 Å². The van der Waals surface area contributed by atoms with Crippen LogP contribution in [0, 0.1) is 13.8 Å². The van der Waals surface area contributed by atoms with E-state index < -0.39 is 11.9 Å². The number of methoxy groups -OCH3 is 1. The highest BCUT2D eigenvalue weighted by Gasteiger charge is 2.06. The van der Waals surface area contributed by atoms with E-state index in [1.807, 2.05) is 13.8 Å². The lowest BCUT2D eigenvalue weighted by Crippen LogP contribution is -2.24. The van der Waals surface area contributed by atoms with Crippen molar-refractivity contribution < 1.29 is 19.1 Å². The molecule has 0 aliphatic rings. The number of benzene rings is 2. The SMILES string of the molecule is COC(=O)c1ccc(C=NNC(=O)COc2cc(C)c(Cl)c(C)c2)cc1. The van der Waals surface area contributed by atoms with Crippen LogP contribution in [-0.2, 0) is 9.53 Å². The van der Waals surface area contributed by atoms with Gasteiger partial charge >= 0.3 is 5.97 Å². The van der Waals surface area contributed by atoms with E-state index in [1.165, 1.54) is 13.3 Å². The average Bonchev–Trinajstić information content (AvgIpc) is 2.64. The van der Waals surface area contributed by atoms with Crippen LogP contribution in [0.25, 0.3) is 0 Å². The van der Waals surface area contributed by atoms with Gasteiger partial charge in [-0.1, -0.05) is 23.7 Å². The summed E-state index contributed by atoms with van der Waals surface area (Å²) >= 11 is 6.09. The minimum atomic E-state index is -0.411. The summed E-state index contributed by atoms with van der Waals surface area (Å²) < 4.78 is 10.1. The molecule has 7 heteroatoms. The number of carbonyl (C=O) groups excluding carboxylic acids is 2. The van der Waals surface area contributed by atoms with Gasteiger partial charge in [0.25, 0.3) is 5.91 Å². The Morgan fingerprint density at radius 2 is 1.77 bits per heavy atom. The zero-order chi connectivity index (χ0) is 19.1. The van der Waals surface area contributed by atoms with Crippen molar-refractivity contribution in [1.29, 1.82) is 0 Å². The predicted octanol–water partition coefficient (Wildman–Crippen LogP) is 3.27. The van der Waals surface area contributed by atoms with E-state index in [1.54, 1.807) is 36.4 Å². The lowest BCUT2D eigenvalue weighted by atomic mass is 10.1. The molecule has 26 heavy (non-hydrogen) atoms. The number of hydrogen-bond donors (Lipinski definition) is 1. The third-order valence-electron chi connectivity index (χ3n) is 3.51. The van der Waals surface area contributed by atoms with Gasteiger partial charge in [-0.15, -0.1) is 0 Å². The Hall–Kier alpha value is -2.86.